The smallest absolute Gasteiger partial charge is 0.337 e. The second-order valence-corrected chi connectivity index (χ2v) is 9.16. The van der Waals surface area contributed by atoms with Crippen molar-refractivity contribution in [3.05, 3.63) is 42.0 Å². The molecule has 0 aliphatic rings. The van der Waals surface area contributed by atoms with Crippen LogP contribution in [0.5, 0.6) is 17.2 Å². The van der Waals surface area contributed by atoms with Crippen molar-refractivity contribution < 1.29 is 27.8 Å². The van der Waals surface area contributed by atoms with Crippen LogP contribution in [0.15, 0.2) is 41.3 Å². The van der Waals surface area contributed by atoms with Gasteiger partial charge in [0.1, 0.15) is 22.1 Å². The molecule has 0 bridgehead atoms. The Morgan fingerprint density at radius 2 is 1.59 bits per heavy atom. The Bertz CT molecular complexity index is 998. The van der Waals surface area contributed by atoms with Crippen molar-refractivity contribution in [2.75, 3.05) is 32.1 Å². The number of carbonyl (C=O) groups is 1. The molecule has 0 fully saturated rings. The molecule has 8 nitrogen and oxygen atoms in total. The summed E-state index contributed by atoms with van der Waals surface area (Å²) in [5.74, 6) is -0.0993. The molecule has 0 aliphatic heterocycles. The normalized spacial score (nSPS) is 11.2. The number of nitrogens with zero attached hydrogens (tertiary/aromatic N) is 1. The predicted octanol–water partition coefficient (Wildman–Crippen LogP) is 4.50. The molecule has 32 heavy (non-hydrogen) atoms. The Kier molecular flexibility index (Phi) is 9.34. The summed E-state index contributed by atoms with van der Waals surface area (Å²) in [5, 5.41) is 9.87. The van der Waals surface area contributed by atoms with E-state index in [-0.39, 0.29) is 16.2 Å². The van der Waals surface area contributed by atoms with Crippen molar-refractivity contribution >= 4 is 21.7 Å². The molecule has 0 heterocycles. The van der Waals surface area contributed by atoms with Gasteiger partial charge in [-0.15, -0.1) is 0 Å². The number of benzene rings is 2. The van der Waals surface area contributed by atoms with Gasteiger partial charge >= 0.3 is 5.97 Å². The summed E-state index contributed by atoms with van der Waals surface area (Å²) in [5.41, 5.74) is 0.367. The predicted molar refractivity (Wildman–Crippen MR) is 125 cm³/mol. The van der Waals surface area contributed by atoms with E-state index < -0.39 is 16.0 Å². The van der Waals surface area contributed by atoms with Gasteiger partial charge in [0, 0.05) is 19.2 Å². The molecule has 0 spiro atoms. The Morgan fingerprint density at radius 1 is 1.03 bits per heavy atom. The van der Waals surface area contributed by atoms with E-state index in [4.69, 9.17) is 9.47 Å². The van der Waals surface area contributed by atoms with Crippen molar-refractivity contribution in [3.63, 3.8) is 0 Å². The fourth-order valence-electron chi connectivity index (χ4n) is 3.20. The van der Waals surface area contributed by atoms with Gasteiger partial charge in [-0.25, -0.2) is 17.9 Å². The highest BCUT2D eigenvalue weighted by Crippen LogP contribution is 2.36. The van der Waals surface area contributed by atoms with E-state index in [0.717, 1.165) is 25.7 Å². The van der Waals surface area contributed by atoms with Crippen LogP contribution in [-0.4, -0.2) is 46.7 Å². The second kappa shape index (κ2) is 11.7. The van der Waals surface area contributed by atoms with Gasteiger partial charge in [-0.05, 0) is 50.2 Å². The van der Waals surface area contributed by atoms with Gasteiger partial charge < -0.3 is 19.5 Å². The number of rotatable bonds is 13. The Labute approximate surface area is 190 Å². The number of nitrogens with one attached hydrogen (secondary N) is 1. The standard InChI is InChI=1S/C23H32N2O6S/c1-5-7-13-25(14-8-6-2)20-16-21(31-18-11-9-17(30-4)10-12-18)22(32(28,29)24-3)15-19(20)23(26)27/h9-12,15-16,24H,5-8,13-14H2,1-4H3,(H,26,27). The number of carboxylic acid groups (broad SMARTS) is 1. The molecular weight excluding hydrogens is 432 g/mol. The van der Waals surface area contributed by atoms with E-state index in [1.165, 1.54) is 19.2 Å². The molecule has 2 aromatic carbocycles. The number of hydrogen-bond acceptors (Lipinski definition) is 6. The SMILES string of the molecule is CCCCN(CCCC)c1cc(Oc2ccc(OC)cc2)c(S(=O)(=O)NC)cc1C(=O)O. The third-order valence-corrected chi connectivity index (χ3v) is 6.48. The zero-order valence-corrected chi connectivity index (χ0v) is 19.9. The first kappa shape index (κ1) is 25.5. The second-order valence-electron chi connectivity index (χ2n) is 7.30. The summed E-state index contributed by atoms with van der Waals surface area (Å²) in [4.78, 5) is 13.8. The van der Waals surface area contributed by atoms with E-state index in [9.17, 15) is 18.3 Å². The van der Waals surface area contributed by atoms with Crippen LogP contribution < -0.4 is 19.1 Å². The third-order valence-electron chi connectivity index (χ3n) is 5.04. The third kappa shape index (κ3) is 6.37. The Hall–Kier alpha value is -2.78. The summed E-state index contributed by atoms with van der Waals surface area (Å²) in [6.45, 7) is 5.46. The zero-order valence-electron chi connectivity index (χ0n) is 19.1. The molecule has 2 N–H and O–H groups in total. The summed E-state index contributed by atoms with van der Waals surface area (Å²) in [6.07, 6.45) is 3.67. The lowest BCUT2D eigenvalue weighted by Crippen LogP contribution is -2.28. The number of ether oxygens (including phenoxy) is 2. The lowest BCUT2D eigenvalue weighted by atomic mass is 10.1. The molecule has 0 aliphatic carbocycles. The maximum Gasteiger partial charge on any atom is 0.337 e. The summed E-state index contributed by atoms with van der Waals surface area (Å²) >= 11 is 0. The lowest BCUT2D eigenvalue weighted by Gasteiger charge is -2.27. The average Bonchev–Trinajstić information content (AvgIpc) is 2.79. The Morgan fingerprint density at radius 3 is 2.06 bits per heavy atom. The number of unbranched alkanes of at least 4 members (excludes halogenated alkanes) is 2. The first-order valence-corrected chi connectivity index (χ1v) is 12.2. The maximum atomic E-state index is 12.7. The fraction of sp³-hybridized carbons (Fsp3) is 0.435. The number of carboxylic acids is 1. The van der Waals surface area contributed by atoms with Gasteiger partial charge in [-0.1, -0.05) is 26.7 Å². The van der Waals surface area contributed by atoms with Crippen molar-refractivity contribution in [2.24, 2.45) is 0 Å². The topological polar surface area (TPSA) is 105 Å². The van der Waals surface area contributed by atoms with Crippen LogP contribution in [0.1, 0.15) is 49.9 Å². The first-order valence-electron chi connectivity index (χ1n) is 10.7. The monoisotopic (exact) mass is 464 g/mol. The molecule has 0 saturated carbocycles. The minimum Gasteiger partial charge on any atom is -0.497 e. The van der Waals surface area contributed by atoms with E-state index in [0.29, 0.717) is 30.3 Å². The zero-order chi connectivity index (χ0) is 23.7. The molecule has 0 amide bonds. The summed E-state index contributed by atoms with van der Waals surface area (Å²) in [6, 6.07) is 9.40. The van der Waals surface area contributed by atoms with E-state index in [1.54, 1.807) is 31.4 Å². The van der Waals surface area contributed by atoms with Gasteiger partial charge in [-0.2, -0.15) is 0 Å². The molecule has 2 rings (SSSR count). The summed E-state index contributed by atoms with van der Waals surface area (Å²) in [7, 11) is -1.16. The van der Waals surface area contributed by atoms with Crippen LogP contribution in [0.25, 0.3) is 0 Å². The molecule has 0 aromatic heterocycles. The minimum absolute atomic E-state index is 0.0579. The van der Waals surface area contributed by atoms with Gasteiger partial charge in [0.2, 0.25) is 10.0 Å². The quantitative estimate of drug-likeness (QED) is 0.450. The first-order chi connectivity index (χ1) is 15.3. The molecule has 176 valence electrons. The van der Waals surface area contributed by atoms with Gasteiger partial charge in [0.25, 0.3) is 0 Å². The highest BCUT2D eigenvalue weighted by molar-refractivity contribution is 7.89. The van der Waals surface area contributed by atoms with E-state index in [1.807, 2.05) is 4.90 Å². The lowest BCUT2D eigenvalue weighted by molar-refractivity contribution is 0.0697. The molecule has 0 atom stereocenters. The van der Waals surface area contributed by atoms with Gasteiger partial charge in [0.05, 0.1) is 18.4 Å². The van der Waals surface area contributed by atoms with Crippen LogP contribution in [0, 0.1) is 0 Å². The van der Waals surface area contributed by atoms with Crippen molar-refractivity contribution in [2.45, 2.75) is 44.4 Å². The molecule has 2 aromatic rings. The van der Waals surface area contributed by atoms with Crippen LogP contribution in [-0.2, 0) is 10.0 Å². The molecule has 0 radical (unpaired) electrons. The largest absolute Gasteiger partial charge is 0.497 e. The molecule has 0 unspecified atom stereocenters. The summed E-state index contributed by atoms with van der Waals surface area (Å²) < 4.78 is 38.7. The van der Waals surface area contributed by atoms with Crippen molar-refractivity contribution in [1.82, 2.24) is 4.72 Å². The van der Waals surface area contributed by atoms with Crippen molar-refractivity contribution in [3.8, 4) is 17.2 Å². The number of anilines is 1. The fourth-order valence-corrected chi connectivity index (χ4v) is 4.06. The number of hydrogen-bond donors (Lipinski definition) is 2. The molecule has 9 heteroatoms. The Balaban J connectivity index is 2.66. The van der Waals surface area contributed by atoms with Gasteiger partial charge in [-0.3, -0.25) is 0 Å². The highest BCUT2D eigenvalue weighted by atomic mass is 32.2. The van der Waals surface area contributed by atoms with Crippen LogP contribution in [0.2, 0.25) is 0 Å². The molecular formula is C23H32N2O6S. The number of methoxy groups -OCH3 is 1. The van der Waals surface area contributed by atoms with Crippen LogP contribution >= 0.6 is 0 Å². The van der Waals surface area contributed by atoms with Crippen LogP contribution in [0.4, 0.5) is 5.69 Å². The van der Waals surface area contributed by atoms with E-state index in [2.05, 4.69) is 18.6 Å². The minimum atomic E-state index is -3.98. The number of sulfonamides is 1. The van der Waals surface area contributed by atoms with Crippen molar-refractivity contribution in [1.29, 1.82) is 0 Å². The average molecular weight is 465 g/mol. The van der Waals surface area contributed by atoms with E-state index >= 15 is 0 Å². The van der Waals surface area contributed by atoms with Gasteiger partial charge in [0.15, 0.2) is 0 Å². The van der Waals surface area contributed by atoms with Crippen LogP contribution in [0.3, 0.4) is 0 Å². The number of aromatic carboxylic acids is 1. The highest BCUT2D eigenvalue weighted by Gasteiger charge is 2.26. The molecule has 0 saturated heterocycles. The maximum absolute atomic E-state index is 12.7.